The minimum atomic E-state index is -4.36. The number of rotatable bonds is 2. The maximum atomic E-state index is 11.3. The Balaban J connectivity index is 2.64. The van der Waals surface area contributed by atoms with Crippen molar-refractivity contribution in [2.45, 2.75) is 13.8 Å². The average Bonchev–Trinajstić information content (AvgIpc) is 2.73. The highest BCUT2D eigenvalue weighted by Crippen LogP contribution is 2.38. The molecule has 0 saturated carbocycles. The zero-order chi connectivity index (χ0) is 13.5. The summed E-state index contributed by atoms with van der Waals surface area (Å²) in [7, 11) is -4.36. The second-order valence-electron chi connectivity index (χ2n) is 3.90. The lowest BCUT2D eigenvalue weighted by Crippen LogP contribution is -2.05. The molecule has 0 aromatic carbocycles. The third-order valence-corrected chi connectivity index (χ3v) is 4.68. The first-order valence-corrected chi connectivity index (χ1v) is 7.49. The Morgan fingerprint density at radius 1 is 1.39 bits per heavy atom. The summed E-state index contributed by atoms with van der Waals surface area (Å²) >= 11 is 3.39. The Kier molecular flexibility index (Phi) is 3.47. The third-order valence-electron chi connectivity index (χ3n) is 2.50. The number of nitrogens with zero attached hydrogens (tertiary/aromatic N) is 1. The van der Waals surface area contributed by atoms with Crippen molar-refractivity contribution in [3.05, 3.63) is 34.1 Å². The van der Waals surface area contributed by atoms with E-state index in [2.05, 4.69) is 20.9 Å². The van der Waals surface area contributed by atoms with Crippen molar-refractivity contribution in [1.29, 1.82) is 0 Å². The smallest absolute Gasteiger partial charge is 0.360 e. The van der Waals surface area contributed by atoms with E-state index < -0.39 is 7.60 Å². The van der Waals surface area contributed by atoms with Gasteiger partial charge in [-0.1, -0.05) is 0 Å². The highest BCUT2D eigenvalue weighted by atomic mass is 79.9. The number of hydrogen-bond acceptors (Lipinski definition) is 3. The second kappa shape index (κ2) is 4.63. The van der Waals surface area contributed by atoms with Gasteiger partial charge in [0.1, 0.15) is 11.0 Å². The van der Waals surface area contributed by atoms with E-state index in [0.29, 0.717) is 5.69 Å². The first-order valence-electron chi connectivity index (χ1n) is 5.08. The normalized spacial score (nSPS) is 11.8. The Morgan fingerprint density at radius 3 is 2.61 bits per heavy atom. The van der Waals surface area contributed by atoms with Crippen molar-refractivity contribution in [3.63, 3.8) is 0 Å². The molecule has 0 aliphatic heterocycles. The van der Waals surface area contributed by atoms with Crippen LogP contribution in [0.3, 0.4) is 0 Å². The summed E-state index contributed by atoms with van der Waals surface area (Å²) in [5, 5.41) is -0.142. The van der Waals surface area contributed by atoms with E-state index in [1.165, 1.54) is 12.3 Å². The van der Waals surface area contributed by atoms with Crippen molar-refractivity contribution in [2.24, 2.45) is 0 Å². The summed E-state index contributed by atoms with van der Waals surface area (Å²) < 4.78 is 17.4. The van der Waals surface area contributed by atoms with E-state index in [4.69, 9.17) is 4.42 Å². The molecule has 2 N–H and O–H groups in total. The SMILES string of the molecule is Cc1cc(-c2occc2P(=O)(O)O)nc(C)c1Br. The molecule has 2 aromatic heterocycles. The fraction of sp³-hybridized carbons (Fsp3) is 0.182. The first kappa shape index (κ1) is 13.5. The highest BCUT2D eigenvalue weighted by molar-refractivity contribution is 9.10. The van der Waals surface area contributed by atoms with Crippen LogP contribution < -0.4 is 5.30 Å². The maximum Gasteiger partial charge on any atom is 0.360 e. The largest absolute Gasteiger partial charge is 0.462 e. The molecule has 2 aromatic rings. The van der Waals surface area contributed by atoms with E-state index in [1.54, 1.807) is 13.0 Å². The molecule has 0 amide bonds. The van der Waals surface area contributed by atoms with Crippen molar-refractivity contribution in [2.75, 3.05) is 0 Å². The van der Waals surface area contributed by atoms with E-state index in [0.717, 1.165) is 15.7 Å². The zero-order valence-electron chi connectivity index (χ0n) is 9.72. The molecule has 0 saturated heterocycles. The van der Waals surface area contributed by atoms with Crippen LogP contribution in [0.1, 0.15) is 11.3 Å². The van der Waals surface area contributed by atoms with Gasteiger partial charge in [0.15, 0.2) is 5.76 Å². The Morgan fingerprint density at radius 2 is 2.06 bits per heavy atom. The molecule has 2 heterocycles. The van der Waals surface area contributed by atoms with Gasteiger partial charge < -0.3 is 14.2 Å². The molecule has 0 spiro atoms. The van der Waals surface area contributed by atoms with Crippen LogP contribution >= 0.6 is 23.5 Å². The van der Waals surface area contributed by atoms with Crippen LogP contribution in [0.2, 0.25) is 0 Å². The number of furan rings is 1. The molecule has 0 bridgehead atoms. The highest BCUT2D eigenvalue weighted by Gasteiger charge is 2.26. The van der Waals surface area contributed by atoms with Gasteiger partial charge in [-0.2, -0.15) is 0 Å². The van der Waals surface area contributed by atoms with Gasteiger partial charge in [0, 0.05) is 4.47 Å². The van der Waals surface area contributed by atoms with Crippen LogP contribution in [0.25, 0.3) is 11.5 Å². The van der Waals surface area contributed by atoms with Gasteiger partial charge in [0.25, 0.3) is 0 Å². The summed E-state index contributed by atoms with van der Waals surface area (Å²) in [6.45, 7) is 3.68. The number of halogens is 1. The lowest BCUT2D eigenvalue weighted by atomic mass is 10.2. The van der Waals surface area contributed by atoms with Crippen LogP contribution in [0, 0.1) is 13.8 Å². The van der Waals surface area contributed by atoms with Gasteiger partial charge in [-0.15, -0.1) is 0 Å². The van der Waals surface area contributed by atoms with Crippen LogP contribution in [-0.2, 0) is 4.57 Å². The average molecular weight is 332 g/mol. The van der Waals surface area contributed by atoms with Crippen LogP contribution in [-0.4, -0.2) is 14.8 Å². The minimum absolute atomic E-state index is 0.113. The predicted molar refractivity (Wildman–Crippen MR) is 70.8 cm³/mol. The molecule has 0 aliphatic rings. The fourth-order valence-electron chi connectivity index (χ4n) is 1.66. The number of aryl methyl sites for hydroxylation is 2. The standard InChI is InChI=1S/C11H11BrNO4P/c1-6-5-8(13-7(2)10(6)12)11-9(3-4-17-11)18(14,15)16/h3-5H,1-2H3,(H2,14,15,16). The Labute approximate surface area is 112 Å². The summed E-state index contributed by atoms with van der Waals surface area (Å²) in [6, 6.07) is 2.99. The molecule has 0 atom stereocenters. The summed E-state index contributed by atoms with van der Waals surface area (Å²) in [5.41, 5.74) is 2.07. The van der Waals surface area contributed by atoms with E-state index in [9.17, 15) is 14.4 Å². The molecule has 0 aliphatic carbocycles. The Bertz CT molecular complexity index is 623. The van der Waals surface area contributed by atoms with Gasteiger partial charge in [-0.25, -0.2) is 4.98 Å². The quantitative estimate of drug-likeness (QED) is 0.826. The second-order valence-corrected chi connectivity index (χ2v) is 6.27. The monoisotopic (exact) mass is 331 g/mol. The molecule has 0 fully saturated rings. The van der Waals surface area contributed by atoms with Crippen LogP contribution in [0.4, 0.5) is 0 Å². The van der Waals surface area contributed by atoms with E-state index >= 15 is 0 Å². The number of aromatic nitrogens is 1. The molecular weight excluding hydrogens is 321 g/mol. The van der Waals surface area contributed by atoms with Crippen molar-refractivity contribution >= 4 is 28.8 Å². The summed E-state index contributed by atoms with van der Waals surface area (Å²) in [4.78, 5) is 22.7. The molecule has 2 rings (SSSR count). The minimum Gasteiger partial charge on any atom is -0.462 e. The van der Waals surface area contributed by atoms with Crippen molar-refractivity contribution in [1.82, 2.24) is 4.98 Å². The molecule has 7 heteroatoms. The predicted octanol–water partition coefficient (Wildman–Crippen LogP) is 2.52. The molecule has 0 unspecified atom stereocenters. The fourth-order valence-corrected chi connectivity index (χ4v) is 2.55. The molecular formula is C11H11BrNO4P. The van der Waals surface area contributed by atoms with Gasteiger partial charge in [-0.3, -0.25) is 4.57 Å². The topological polar surface area (TPSA) is 83.6 Å². The Hall–Kier alpha value is -0.940. The summed E-state index contributed by atoms with van der Waals surface area (Å²) in [5.74, 6) is 0.113. The van der Waals surface area contributed by atoms with Gasteiger partial charge in [0.05, 0.1) is 12.0 Å². The molecule has 5 nitrogen and oxygen atoms in total. The van der Waals surface area contributed by atoms with Crippen molar-refractivity contribution < 1.29 is 18.8 Å². The molecule has 0 radical (unpaired) electrons. The van der Waals surface area contributed by atoms with Crippen LogP contribution in [0.15, 0.2) is 27.3 Å². The number of hydrogen-bond donors (Lipinski definition) is 2. The van der Waals surface area contributed by atoms with Gasteiger partial charge in [0.2, 0.25) is 0 Å². The first-order chi connectivity index (χ1) is 8.30. The van der Waals surface area contributed by atoms with E-state index in [1.807, 2.05) is 6.92 Å². The van der Waals surface area contributed by atoms with E-state index in [-0.39, 0.29) is 11.1 Å². The lowest BCUT2D eigenvalue weighted by Gasteiger charge is -2.07. The zero-order valence-corrected chi connectivity index (χ0v) is 12.2. The number of pyridine rings is 1. The molecule has 18 heavy (non-hydrogen) atoms. The molecule has 96 valence electrons. The van der Waals surface area contributed by atoms with Gasteiger partial charge in [-0.05, 0) is 47.5 Å². The third kappa shape index (κ3) is 2.42. The van der Waals surface area contributed by atoms with Crippen molar-refractivity contribution in [3.8, 4) is 11.5 Å². The van der Waals surface area contributed by atoms with Gasteiger partial charge >= 0.3 is 7.60 Å². The maximum absolute atomic E-state index is 11.3. The van der Waals surface area contributed by atoms with Crippen LogP contribution in [0.5, 0.6) is 0 Å². The summed E-state index contributed by atoms with van der Waals surface area (Å²) in [6.07, 6.45) is 1.25. The lowest BCUT2D eigenvalue weighted by molar-refractivity contribution is 0.387.